The number of nitrogens with one attached hydrogen (secondary N) is 1. The lowest BCUT2D eigenvalue weighted by Gasteiger charge is -2.15. The van der Waals surface area contributed by atoms with E-state index in [1.807, 2.05) is 38.1 Å². The number of ketones is 1. The second-order valence-electron chi connectivity index (χ2n) is 7.16. The van der Waals surface area contributed by atoms with Crippen molar-refractivity contribution >= 4 is 29.0 Å². The molecule has 1 saturated heterocycles. The maximum atomic E-state index is 12.7. The Hall–Kier alpha value is -2.96. The molecule has 1 aromatic heterocycles. The largest absolute Gasteiger partial charge is 0.373 e. The minimum absolute atomic E-state index is 0.0342. The maximum absolute atomic E-state index is 12.7. The van der Waals surface area contributed by atoms with Gasteiger partial charge in [0.25, 0.3) is 5.91 Å². The molecule has 0 saturated carbocycles. The number of aryl methyl sites for hydroxylation is 2. The fourth-order valence-electron chi connectivity index (χ4n) is 3.11. The summed E-state index contributed by atoms with van der Waals surface area (Å²) in [6.45, 7) is 3.80. The van der Waals surface area contributed by atoms with Gasteiger partial charge >= 0.3 is 0 Å². The lowest BCUT2D eigenvalue weighted by atomic mass is 10.0. The molecule has 142 valence electrons. The van der Waals surface area contributed by atoms with Gasteiger partial charge in [0.1, 0.15) is 11.8 Å². The van der Waals surface area contributed by atoms with E-state index in [4.69, 9.17) is 0 Å². The minimum atomic E-state index is -0.606. The van der Waals surface area contributed by atoms with Crippen molar-refractivity contribution in [1.29, 1.82) is 0 Å². The zero-order valence-electron chi connectivity index (χ0n) is 15.8. The summed E-state index contributed by atoms with van der Waals surface area (Å²) >= 11 is 0. The van der Waals surface area contributed by atoms with E-state index in [2.05, 4.69) is 10.4 Å². The van der Waals surface area contributed by atoms with Gasteiger partial charge in [-0.3, -0.25) is 19.1 Å². The number of hydrogen-bond acceptors (Lipinski definition) is 5. The molecule has 2 amide bonds. The first kappa shape index (κ1) is 18.8. The van der Waals surface area contributed by atoms with E-state index in [0.29, 0.717) is 18.5 Å². The van der Waals surface area contributed by atoms with Crippen LogP contribution in [0.25, 0.3) is 0 Å². The topological polar surface area (TPSA) is 84.3 Å². The number of hydrogen-bond donors (Lipinski definition) is 1. The summed E-state index contributed by atoms with van der Waals surface area (Å²) in [4.78, 5) is 38.0. The first-order valence-electron chi connectivity index (χ1n) is 9.09. The number of amides is 2. The molecule has 1 atom stereocenters. The van der Waals surface area contributed by atoms with E-state index in [-0.39, 0.29) is 29.9 Å². The highest BCUT2D eigenvalue weighted by Crippen LogP contribution is 2.25. The van der Waals surface area contributed by atoms with Gasteiger partial charge in [-0.2, -0.15) is 5.10 Å². The third kappa shape index (κ3) is 4.24. The summed E-state index contributed by atoms with van der Waals surface area (Å²) in [6.07, 6.45) is 4.40. The molecular formula is C20H24N4O3. The lowest BCUT2D eigenvalue weighted by Crippen LogP contribution is -2.34. The van der Waals surface area contributed by atoms with Gasteiger partial charge in [-0.15, -0.1) is 0 Å². The Kier molecular flexibility index (Phi) is 5.39. The van der Waals surface area contributed by atoms with Crippen LogP contribution in [0.5, 0.6) is 0 Å². The highest BCUT2D eigenvalue weighted by Gasteiger charge is 2.40. The third-order valence-electron chi connectivity index (χ3n) is 4.67. The number of benzene rings is 1. The van der Waals surface area contributed by atoms with Crippen LogP contribution in [0.1, 0.15) is 32.3 Å². The summed E-state index contributed by atoms with van der Waals surface area (Å²) in [6, 6.07) is 7.03. The predicted molar refractivity (Wildman–Crippen MR) is 102 cm³/mol. The summed E-state index contributed by atoms with van der Waals surface area (Å²) in [5.41, 5.74) is 2.27. The second kappa shape index (κ2) is 7.73. The van der Waals surface area contributed by atoms with Crippen LogP contribution < -0.4 is 10.2 Å². The number of aromatic nitrogens is 2. The lowest BCUT2D eigenvalue weighted by molar-refractivity contribution is -0.122. The van der Waals surface area contributed by atoms with Crippen molar-refractivity contribution in [3.8, 4) is 0 Å². The van der Waals surface area contributed by atoms with Crippen LogP contribution in [0.3, 0.4) is 0 Å². The molecule has 0 bridgehead atoms. The van der Waals surface area contributed by atoms with Crippen LogP contribution in [0, 0.1) is 5.92 Å². The van der Waals surface area contributed by atoms with Crippen molar-refractivity contribution < 1.29 is 14.4 Å². The molecule has 2 aromatic rings. The smallest absolute Gasteiger partial charge is 0.256 e. The minimum Gasteiger partial charge on any atom is -0.373 e. The highest BCUT2D eigenvalue weighted by molar-refractivity contribution is 6.23. The van der Waals surface area contributed by atoms with Crippen molar-refractivity contribution in [1.82, 2.24) is 9.78 Å². The average molecular weight is 368 g/mol. The zero-order chi connectivity index (χ0) is 19.6. The number of nitrogens with zero attached hydrogens (tertiary/aromatic N) is 3. The average Bonchev–Trinajstić information content (AvgIpc) is 3.16. The number of imide groups is 1. The molecule has 0 spiro atoms. The number of Topliss-reactive ketones (excluding diaryl/α,β-unsaturated/α-hetero) is 1. The van der Waals surface area contributed by atoms with E-state index in [1.165, 1.54) is 11.1 Å². The van der Waals surface area contributed by atoms with Gasteiger partial charge < -0.3 is 5.32 Å². The Bertz CT molecular complexity index is 872. The Balaban J connectivity index is 1.67. The molecule has 1 aliphatic heterocycles. The molecule has 1 fully saturated rings. The van der Waals surface area contributed by atoms with Gasteiger partial charge in [-0.05, 0) is 24.1 Å². The van der Waals surface area contributed by atoms with Crippen LogP contribution in [0.15, 0.2) is 36.7 Å². The number of carbonyl (C=O) groups excluding carboxylic acids is 3. The maximum Gasteiger partial charge on any atom is 0.256 e. The normalized spacial score (nSPS) is 17.0. The van der Waals surface area contributed by atoms with Crippen LogP contribution >= 0.6 is 0 Å². The summed E-state index contributed by atoms with van der Waals surface area (Å²) in [5.74, 6) is -0.262. The van der Waals surface area contributed by atoms with Crippen LogP contribution in [0.2, 0.25) is 0 Å². The van der Waals surface area contributed by atoms with E-state index < -0.39 is 6.04 Å². The molecule has 1 unspecified atom stereocenters. The first-order chi connectivity index (χ1) is 12.8. The summed E-state index contributed by atoms with van der Waals surface area (Å²) in [7, 11) is 1.74. The quantitative estimate of drug-likeness (QED) is 0.758. The van der Waals surface area contributed by atoms with E-state index in [9.17, 15) is 14.4 Å². The van der Waals surface area contributed by atoms with Crippen LogP contribution in [-0.4, -0.2) is 33.4 Å². The van der Waals surface area contributed by atoms with E-state index >= 15 is 0 Å². The Labute approximate surface area is 158 Å². The monoisotopic (exact) mass is 368 g/mol. The van der Waals surface area contributed by atoms with Crippen molar-refractivity contribution in [3.63, 3.8) is 0 Å². The highest BCUT2D eigenvalue weighted by atomic mass is 16.2. The Morgan fingerprint density at radius 1 is 1.33 bits per heavy atom. The zero-order valence-corrected chi connectivity index (χ0v) is 15.8. The number of anilines is 2. The molecule has 0 radical (unpaired) electrons. The van der Waals surface area contributed by atoms with Gasteiger partial charge in [-0.25, -0.2) is 4.90 Å². The standard InChI is InChI=1S/C20H24N4O3/c1-13(2)18(25)8-7-14-5-4-6-15(9-14)22-17-10-19(26)24(20(17)27)16-11-21-23(3)12-16/h4-6,9,11-13,17,22H,7-8,10H2,1-3H3. The number of rotatable bonds is 7. The SMILES string of the molecule is CC(C)C(=O)CCc1cccc(NC2CC(=O)N(c3cnn(C)c3)C2=O)c1. The van der Waals surface area contributed by atoms with Crippen molar-refractivity contribution in [2.45, 2.75) is 39.2 Å². The van der Waals surface area contributed by atoms with Crippen LogP contribution in [0.4, 0.5) is 11.4 Å². The second-order valence-corrected chi connectivity index (χ2v) is 7.16. The summed E-state index contributed by atoms with van der Waals surface area (Å²) < 4.78 is 1.55. The molecule has 7 nitrogen and oxygen atoms in total. The molecule has 1 aliphatic rings. The van der Waals surface area contributed by atoms with Crippen molar-refractivity contribution in [2.24, 2.45) is 13.0 Å². The van der Waals surface area contributed by atoms with Gasteiger partial charge in [0.15, 0.2) is 0 Å². The molecule has 2 heterocycles. The first-order valence-corrected chi connectivity index (χ1v) is 9.09. The predicted octanol–water partition coefficient (Wildman–Crippen LogP) is 2.32. The Morgan fingerprint density at radius 3 is 2.78 bits per heavy atom. The van der Waals surface area contributed by atoms with Crippen molar-refractivity contribution in [2.75, 3.05) is 10.2 Å². The molecule has 3 rings (SSSR count). The molecule has 27 heavy (non-hydrogen) atoms. The number of carbonyl (C=O) groups is 3. The fraction of sp³-hybridized carbons (Fsp3) is 0.400. The summed E-state index contributed by atoms with van der Waals surface area (Å²) in [5, 5.41) is 7.17. The third-order valence-corrected chi connectivity index (χ3v) is 4.67. The van der Waals surface area contributed by atoms with Gasteiger partial charge in [0.05, 0.1) is 18.3 Å². The van der Waals surface area contributed by atoms with Gasteiger partial charge in [0, 0.05) is 31.3 Å². The van der Waals surface area contributed by atoms with E-state index in [0.717, 1.165) is 11.3 Å². The van der Waals surface area contributed by atoms with Gasteiger partial charge in [-0.1, -0.05) is 26.0 Å². The van der Waals surface area contributed by atoms with E-state index in [1.54, 1.807) is 17.9 Å². The van der Waals surface area contributed by atoms with Crippen LogP contribution in [-0.2, 0) is 27.9 Å². The Morgan fingerprint density at radius 2 is 2.11 bits per heavy atom. The molecule has 1 N–H and O–H groups in total. The fourth-order valence-corrected chi connectivity index (χ4v) is 3.11. The molecular weight excluding hydrogens is 344 g/mol. The molecule has 1 aromatic carbocycles. The molecule has 7 heteroatoms. The van der Waals surface area contributed by atoms with Gasteiger partial charge in [0.2, 0.25) is 5.91 Å². The molecule has 0 aliphatic carbocycles. The van der Waals surface area contributed by atoms with Crippen molar-refractivity contribution in [3.05, 3.63) is 42.2 Å².